The van der Waals surface area contributed by atoms with Gasteiger partial charge in [-0.15, -0.1) is 0 Å². The van der Waals surface area contributed by atoms with Gasteiger partial charge in [0.2, 0.25) is 0 Å². The molecule has 0 unspecified atom stereocenters. The van der Waals surface area contributed by atoms with Crippen LogP contribution in [0.1, 0.15) is 56.6 Å². The summed E-state index contributed by atoms with van der Waals surface area (Å²) in [6, 6.07) is 2.14. The zero-order valence-corrected chi connectivity index (χ0v) is 15.4. The Bertz CT molecular complexity index is 684. The Labute approximate surface area is 149 Å². The minimum absolute atomic E-state index is 0.0627. The molecule has 1 amide bonds. The molecule has 3 aliphatic rings. The maximum absolute atomic E-state index is 12.9. The first-order valence-electron chi connectivity index (χ1n) is 9.02. The third kappa shape index (κ3) is 2.78. The van der Waals surface area contributed by atoms with Crippen molar-refractivity contribution in [1.29, 1.82) is 0 Å². The van der Waals surface area contributed by atoms with E-state index in [0.717, 1.165) is 37.2 Å². The van der Waals surface area contributed by atoms with E-state index in [-0.39, 0.29) is 11.9 Å². The van der Waals surface area contributed by atoms with Gasteiger partial charge in [0.05, 0.1) is 29.0 Å². The molecule has 7 heteroatoms. The van der Waals surface area contributed by atoms with Gasteiger partial charge in [-0.05, 0) is 46.6 Å². The topological polar surface area (TPSA) is 60.9 Å². The molecule has 2 fully saturated rings. The van der Waals surface area contributed by atoms with Crippen LogP contribution in [-0.4, -0.2) is 53.4 Å². The number of pyridine rings is 1. The number of aromatic nitrogens is 1. The second-order valence-electron chi connectivity index (χ2n) is 8.13. The predicted octanol–water partition coefficient (Wildman–Crippen LogP) is 1.52. The molecule has 0 N–H and O–H groups in total. The van der Waals surface area contributed by atoms with E-state index in [1.807, 2.05) is 38.7 Å². The average molecular weight is 344 g/mol. The van der Waals surface area contributed by atoms with E-state index in [0.29, 0.717) is 12.1 Å². The van der Waals surface area contributed by atoms with Crippen molar-refractivity contribution in [3.8, 4) is 0 Å². The third-order valence-electron chi connectivity index (χ3n) is 5.96. The maximum atomic E-state index is 12.9. The summed E-state index contributed by atoms with van der Waals surface area (Å²) in [5, 5.41) is 0. The highest BCUT2D eigenvalue weighted by Gasteiger charge is 2.52. The van der Waals surface area contributed by atoms with Crippen LogP contribution in [0.3, 0.4) is 0 Å². The molecule has 0 aliphatic carbocycles. The second kappa shape index (κ2) is 5.79. The van der Waals surface area contributed by atoms with Gasteiger partial charge >= 0.3 is 7.12 Å². The van der Waals surface area contributed by atoms with E-state index in [1.54, 1.807) is 6.20 Å². The molecular formula is C18H25BN2O4. The lowest BCUT2D eigenvalue weighted by Gasteiger charge is -2.32. The van der Waals surface area contributed by atoms with Crippen LogP contribution < -0.4 is 5.46 Å². The van der Waals surface area contributed by atoms with E-state index < -0.39 is 18.3 Å². The number of rotatable bonds is 2. The summed E-state index contributed by atoms with van der Waals surface area (Å²) in [7, 11) is -0.493. The highest BCUT2D eigenvalue weighted by molar-refractivity contribution is 6.62. The van der Waals surface area contributed by atoms with Crippen molar-refractivity contribution in [1.82, 2.24) is 9.88 Å². The molecule has 3 aliphatic heterocycles. The molecule has 1 aromatic heterocycles. The van der Waals surface area contributed by atoms with Crippen LogP contribution in [0.5, 0.6) is 0 Å². The molecule has 0 spiro atoms. The molecule has 0 bridgehead atoms. The van der Waals surface area contributed by atoms with Crippen LogP contribution in [-0.2, 0) is 20.6 Å². The normalized spacial score (nSPS) is 25.5. The fraction of sp³-hybridized carbons (Fsp3) is 0.667. The molecule has 0 radical (unpaired) electrons. The number of carbonyl (C=O) groups is 1. The maximum Gasteiger partial charge on any atom is 0.496 e. The van der Waals surface area contributed by atoms with Gasteiger partial charge in [-0.1, -0.05) is 0 Å². The van der Waals surface area contributed by atoms with Gasteiger partial charge < -0.3 is 18.9 Å². The smallest absolute Gasteiger partial charge is 0.399 e. The first-order chi connectivity index (χ1) is 11.8. The second-order valence-corrected chi connectivity index (χ2v) is 8.13. The zero-order chi connectivity index (χ0) is 17.8. The van der Waals surface area contributed by atoms with Crippen molar-refractivity contribution < 1.29 is 18.8 Å². The molecule has 6 nitrogen and oxygen atoms in total. The third-order valence-corrected chi connectivity index (χ3v) is 5.96. The van der Waals surface area contributed by atoms with Crippen LogP contribution in [0.15, 0.2) is 12.3 Å². The molecule has 4 heterocycles. The molecule has 0 aromatic carbocycles. The largest absolute Gasteiger partial charge is 0.496 e. The summed E-state index contributed by atoms with van der Waals surface area (Å²) in [5.41, 5.74) is 1.51. The fourth-order valence-corrected chi connectivity index (χ4v) is 3.61. The highest BCUT2D eigenvalue weighted by Crippen LogP contribution is 2.36. The Morgan fingerprint density at radius 3 is 2.44 bits per heavy atom. The predicted molar refractivity (Wildman–Crippen MR) is 93.7 cm³/mol. The lowest BCUT2D eigenvalue weighted by atomic mass is 9.79. The lowest BCUT2D eigenvalue weighted by Crippen LogP contribution is -2.41. The van der Waals surface area contributed by atoms with Crippen molar-refractivity contribution in [2.75, 3.05) is 13.2 Å². The summed E-state index contributed by atoms with van der Waals surface area (Å²) in [5.74, 6) is 0.0627. The molecular weight excluding hydrogens is 319 g/mol. The van der Waals surface area contributed by atoms with Crippen molar-refractivity contribution in [2.24, 2.45) is 0 Å². The zero-order valence-electron chi connectivity index (χ0n) is 15.4. The summed E-state index contributed by atoms with van der Waals surface area (Å²) in [6.45, 7) is 10.1. The summed E-state index contributed by atoms with van der Waals surface area (Å²) in [4.78, 5) is 19.4. The quantitative estimate of drug-likeness (QED) is 0.762. The first-order valence-corrected chi connectivity index (χ1v) is 9.02. The first kappa shape index (κ1) is 17.0. The van der Waals surface area contributed by atoms with Gasteiger partial charge in [-0.3, -0.25) is 9.78 Å². The fourth-order valence-electron chi connectivity index (χ4n) is 3.61. The summed E-state index contributed by atoms with van der Waals surface area (Å²) >= 11 is 0. The summed E-state index contributed by atoms with van der Waals surface area (Å²) in [6.07, 6.45) is 3.56. The van der Waals surface area contributed by atoms with Crippen LogP contribution >= 0.6 is 0 Å². The van der Waals surface area contributed by atoms with Crippen molar-refractivity contribution in [3.05, 3.63) is 23.5 Å². The van der Waals surface area contributed by atoms with Gasteiger partial charge in [-0.2, -0.15) is 0 Å². The van der Waals surface area contributed by atoms with E-state index >= 15 is 0 Å². The lowest BCUT2D eigenvalue weighted by molar-refractivity contribution is 0.00578. The van der Waals surface area contributed by atoms with Crippen molar-refractivity contribution in [3.63, 3.8) is 0 Å². The number of ether oxygens (including phenoxy) is 1. The molecule has 25 heavy (non-hydrogen) atoms. The van der Waals surface area contributed by atoms with E-state index in [9.17, 15) is 4.79 Å². The Balaban J connectivity index is 1.57. The Kier molecular flexibility index (Phi) is 3.94. The standard InChI is InChI=1S/C18H25BN2O4/c1-17(2)18(3,4)25-19(24-17)12-9-14-15(20-10-12)11-21(16(14)22)13-5-7-23-8-6-13/h9-10,13H,5-8,11H2,1-4H3. The van der Waals surface area contributed by atoms with Crippen molar-refractivity contribution in [2.45, 2.75) is 64.3 Å². The van der Waals surface area contributed by atoms with Crippen LogP contribution in [0.2, 0.25) is 0 Å². The molecule has 4 rings (SSSR count). The van der Waals surface area contributed by atoms with Gasteiger partial charge in [0.25, 0.3) is 5.91 Å². The van der Waals surface area contributed by atoms with Gasteiger partial charge in [0.1, 0.15) is 0 Å². The Hall–Kier alpha value is -1.44. The monoisotopic (exact) mass is 344 g/mol. The molecule has 0 saturated carbocycles. The minimum Gasteiger partial charge on any atom is -0.399 e. The molecule has 2 saturated heterocycles. The Morgan fingerprint density at radius 1 is 1.16 bits per heavy atom. The van der Waals surface area contributed by atoms with E-state index in [4.69, 9.17) is 14.0 Å². The van der Waals surface area contributed by atoms with Gasteiger partial charge in [-0.25, -0.2) is 0 Å². The van der Waals surface area contributed by atoms with Crippen LogP contribution in [0, 0.1) is 0 Å². The molecule has 0 atom stereocenters. The van der Waals surface area contributed by atoms with Crippen LogP contribution in [0.25, 0.3) is 0 Å². The van der Waals surface area contributed by atoms with Gasteiger partial charge in [0, 0.05) is 30.9 Å². The number of hydrogen-bond donors (Lipinski definition) is 0. The van der Waals surface area contributed by atoms with Gasteiger partial charge in [0.15, 0.2) is 0 Å². The molecule has 134 valence electrons. The minimum atomic E-state index is -0.493. The highest BCUT2D eigenvalue weighted by atomic mass is 16.7. The van der Waals surface area contributed by atoms with Crippen molar-refractivity contribution >= 4 is 18.5 Å². The Morgan fingerprint density at radius 2 is 1.80 bits per heavy atom. The average Bonchev–Trinajstić information content (AvgIpc) is 3.01. The number of amides is 1. The number of hydrogen-bond acceptors (Lipinski definition) is 5. The SMILES string of the molecule is CC1(C)OB(c2cnc3c(c2)C(=O)N(C2CCOCC2)C3)OC1(C)C. The number of carbonyl (C=O) groups excluding carboxylic acids is 1. The van der Waals surface area contributed by atoms with Crippen LogP contribution in [0.4, 0.5) is 0 Å². The number of nitrogens with zero attached hydrogens (tertiary/aromatic N) is 2. The molecule has 1 aromatic rings. The van der Waals surface area contributed by atoms with E-state index in [2.05, 4.69) is 4.98 Å². The van der Waals surface area contributed by atoms with E-state index in [1.165, 1.54) is 0 Å². The number of fused-ring (bicyclic) bond motifs is 1. The summed E-state index contributed by atoms with van der Waals surface area (Å²) < 4.78 is 17.6.